The van der Waals surface area contributed by atoms with Crippen LogP contribution < -0.4 is 20.2 Å². The van der Waals surface area contributed by atoms with Crippen LogP contribution in [-0.4, -0.2) is 45.3 Å². The first-order valence-corrected chi connectivity index (χ1v) is 14.2. The first kappa shape index (κ1) is 29.1. The molecule has 0 spiro atoms. The van der Waals surface area contributed by atoms with Gasteiger partial charge in [0.2, 0.25) is 0 Å². The number of hydrogen-bond acceptors (Lipinski definition) is 9. The van der Waals surface area contributed by atoms with Crippen LogP contribution in [0.5, 0.6) is 11.5 Å². The number of esters is 1. The first-order chi connectivity index (χ1) is 20.4. The molecule has 0 bridgehead atoms. The van der Waals surface area contributed by atoms with Gasteiger partial charge < -0.3 is 28.7 Å². The van der Waals surface area contributed by atoms with Crippen molar-refractivity contribution in [3.63, 3.8) is 0 Å². The van der Waals surface area contributed by atoms with Gasteiger partial charge in [-0.15, -0.1) is 0 Å². The highest BCUT2D eigenvalue weighted by molar-refractivity contribution is 6.04. The number of ether oxygens (including phenoxy) is 4. The number of hydrogen-bond donors (Lipinski definition) is 1. The monoisotopic (exact) mass is 573 g/mol. The van der Waals surface area contributed by atoms with Crippen LogP contribution in [0.2, 0.25) is 0 Å². The molecule has 42 heavy (non-hydrogen) atoms. The first-order valence-electron chi connectivity index (χ1n) is 14.2. The molecule has 5 rings (SSSR count). The van der Waals surface area contributed by atoms with Crippen molar-refractivity contribution in [2.75, 3.05) is 33.5 Å². The molecule has 2 aromatic carbocycles. The summed E-state index contributed by atoms with van der Waals surface area (Å²) < 4.78 is 27.9. The fourth-order valence-electron chi connectivity index (χ4n) is 5.78. The van der Waals surface area contributed by atoms with Gasteiger partial charge in [-0.05, 0) is 62.9 Å². The van der Waals surface area contributed by atoms with E-state index in [1.54, 1.807) is 38.3 Å². The van der Waals surface area contributed by atoms with Gasteiger partial charge in [0.1, 0.15) is 12.2 Å². The molecule has 0 saturated heterocycles. The predicted molar refractivity (Wildman–Crippen MR) is 157 cm³/mol. The lowest BCUT2D eigenvalue weighted by atomic mass is 9.72. The van der Waals surface area contributed by atoms with E-state index >= 15 is 0 Å². The number of dihydropyridines is 1. The minimum atomic E-state index is -0.940. The number of Topliss-reactive ketones (excluding diaryl/α,β-unsaturated/α-hetero) is 1. The smallest absolute Gasteiger partial charge is 0.336 e. The Kier molecular flexibility index (Phi) is 8.77. The van der Waals surface area contributed by atoms with E-state index < -0.39 is 11.9 Å². The summed E-state index contributed by atoms with van der Waals surface area (Å²) in [4.78, 5) is 41.3. The Hall–Kier alpha value is -4.37. The van der Waals surface area contributed by atoms with Gasteiger partial charge in [0.25, 0.3) is 0 Å². The molecule has 9 heteroatoms. The van der Waals surface area contributed by atoms with E-state index in [2.05, 4.69) is 5.32 Å². The molecular formula is C33H35NO8. The Morgan fingerprint density at radius 2 is 1.83 bits per heavy atom. The SMILES string of the molecule is CCOCCOC(=O)C1=C(C)NC2=C(C(=O)C[C@H](c3ccc(OCC)c(OC)c3)C2)[C@H]1c1coc2ccccc2c1=O. The predicted octanol–water partition coefficient (Wildman–Crippen LogP) is 5.14. The molecule has 1 aromatic heterocycles. The second kappa shape index (κ2) is 12.7. The molecule has 0 amide bonds. The van der Waals surface area contributed by atoms with Crippen molar-refractivity contribution >= 4 is 22.7 Å². The number of fused-ring (bicyclic) bond motifs is 1. The van der Waals surface area contributed by atoms with Gasteiger partial charge in [0, 0.05) is 35.6 Å². The minimum Gasteiger partial charge on any atom is -0.493 e. The molecule has 9 nitrogen and oxygen atoms in total. The molecule has 1 aliphatic heterocycles. The zero-order chi connectivity index (χ0) is 29.8. The summed E-state index contributed by atoms with van der Waals surface area (Å²) in [7, 11) is 1.58. The lowest BCUT2D eigenvalue weighted by molar-refractivity contribution is -0.140. The molecule has 0 radical (unpaired) electrons. The van der Waals surface area contributed by atoms with Crippen molar-refractivity contribution in [2.24, 2.45) is 0 Å². The third kappa shape index (κ3) is 5.56. The van der Waals surface area contributed by atoms with Gasteiger partial charge in [0.15, 0.2) is 22.7 Å². The molecule has 1 aliphatic carbocycles. The van der Waals surface area contributed by atoms with Gasteiger partial charge in [-0.1, -0.05) is 18.2 Å². The number of nitrogens with one attached hydrogen (secondary N) is 1. The van der Waals surface area contributed by atoms with E-state index in [1.807, 2.05) is 32.0 Å². The third-order valence-electron chi connectivity index (χ3n) is 7.69. The van der Waals surface area contributed by atoms with E-state index in [-0.39, 0.29) is 47.9 Å². The number of benzene rings is 2. The summed E-state index contributed by atoms with van der Waals surface area (Å²) in [5, 5.41) is 3.69. The number of carbonyl (C=O) groups is 2. The van der Waals surface area contributed by atoms with Gasteiger partial charge in [0.05, 0.1) is 43.5 Å². The Morgan fingerprint density at radius 3 is 2.60 bits per heavy atom. The third-order valence-corrected chi connectivity index (χ3v) is 7.69. The molecule has 0 unspecified atom stereocenters. The maximum absolute atomic E-state index is 14.0. The van der Waals surface area contributed by atoms with E-state index in [1.165, 1.54) is 6.26 Å². The molecule has 0 saturated carbocycles. The highest BCUT2D eigenvalue weighted by atomic mass is 16.6. The van der Waals surface area contributed by atoms with Gasteiger partial charge in [-0.3, -0.25) is 9.59 Å². The van der Waals surface area contributed by atoms with Gasteiger partial charge >= 0.3 is 5.97 Å². The maximum atomic E-state index is 14.0. The summed E-state index contributed by atoms with van der Waals surface area (Å²) in [6.45, 7) is 6.80. The van der Waals surface area contributed by atoms with Crippen molar-refractivity contribution in [2.45, 2.75) is 45.4 Å². The van der Waals surface area contributed by atoms with Crippen LogP contribution in [0, 0.1) is 0 Å². The lowest BCUT2D eigenvalue weighted by Crippen LogP contribution is -2.37. The van der Waals surface area contributed by atoms with Crippen molar-refractivity contribution in [3.8, 4) is 11.5 Å². The quantitative estimate of drug-likeness (QED) is 0.260. The Bertz CT molecular complexity index is 1630. The number of methoxy groups -OCH3 is 1. The van der Waals surface area contributed by atoms with Crippen molar-refractivity contribution < 1.29 is 33.0 Å². The summed E-state index contributed by atoms with van der Waals surface area (Å²) in [5.74, 6) is -0.630. The summed E-state index contributed by atoms with van der Waals surface area (Å²) in [6, 6.07) is 12.6. The van der Waals surface area contributed by atoms with E-state index in [9.17, 15) is 14.4 Å². The molecule has 2 atom stereocenters. The standard InChI is InChI=1S/C33H35NO8/c1-5-39-13-14-41-33(37)29-19(3)34-24-15-21(20-11-12-27(40-6-2)28(17-20)38-4)16-25(35)31(24)30(29)23-18-42-26-10-8-7-9-22(26)32(23)36/h7-12,17-18,21,30,34H,5-6,13-16H2,1-4H3/t21-,30+/m1/s1. The largest absolute Gasteiger partial charge is 0.493 e. The molecule has 3 aromatic rings. The number of rotatable bonds is 10. The van der Waals surface area contributed by atoms with Gasteiger partial charge in [-0.25, -0.2) is 4.79 Å². The molecule has 2 heterocycles. The zero-order valence-electron chi connectivity index (χ0n) is 24.3. The van der Waals surface area contributed by atoms with Crippen LogP contribution in [0.3, 0.4) is 0 Å². The zero-order valence-corrected chi connectivity index (χ0v) is 24.3. The number of allylic oxidation sites excluding steroid dienone is 3. The van der Waals surface area contributed by atoms with E-state index in [0.29, 0.717) is 59.1 Å². The minimum absolute atomic E-state index is 0.0456. The normalized spacial score (nSPS) is 18.5. The van der Waals surface area contributed by atoms with Crippen LogP contribution in [0.1, 0.15) is 56.6 Å². The Morgan fingerprint density at radius 1 is 1.02 bits per heavy atom. The Labute approximate surface area is 244 Å². The average molecular weight is 574 g/mol. The molecule has 2 aliphatic rings. The number of ketones is 1. The second-order valence-corrected chi connectivity index (χ2v) is 10.2. The van der Waals surface area contributed by atoms with Crippen LogP contribution in [0.4, 0.5) is 0 Å². The molecular weight excluding hydrogens is 538 g/mol. The maximum Gasteiger partial charge on any atom is 0.336 e. The van der Waals surface area contributed by atoms with Crippen LogP contribution in [0.15, 0.2) is 80.5 Å². The molecule has 220 valence electrons. The van der Waals surface area contributed by atoms with Crippen molar-refractivity contribution in [3.05, 3.63) is 92.6 Å². The van der Waals surface area contributed by atoms with E-state index in [4.69, 9.17) is 23.4 Å². The number of para-hydroxylation sites is 1. The van der Waals surface area contributed by atoms with E-state index in [0.717, 1.165) is 5.56 Å². The molecule has 0 fully saturated rings. The second-order valence-electron chi connectivity index (χ2n) is 10.2. The Balaban J connectivity index is 1.57. The topological polar surface area (TPSA) is 113 Å². The summed E-state index contributed by atoms with van der Waals surface area (Å²) in [5.41, 5.74) is 3.06. The highest BCUT2D eigenvalue weighted by Gasteiger charge is 2.43. The van der Waals surface area contributed by atoms with Crippen molar-refractivity contribution in [1.29, 1.82) is 0 Å². The fourth-order valence-corrected chi connectivity index (χ4v) is 5.78. The number of carbonyl (C=O) groups excluding carboxylic acids is 2. The average Bonchev–Trinajstić information content (AvgIpc) is 2.99. The highest BCUT2D eigenvalue weighted by Crippen LogP contribution is 2.46. The van der Waals surface area contributed by atoms with Gasteiger partial charge in [-0.2, -0.15) is 0 Å². The van der Waals surface area contributed by atoms with Crippen LogP contribution >= 0.6 is 0 Å². The lowest BCUT2D eigenvalue weighted by Gasteiger charge is -2.36. The van der Waals surface area contributed by atoms with Crippen molar-refractivity contribution in [1.82, 2.24) is 5.32 Å². The van der Waals surface area contributed by atoms with Crippen LogP contribution in [0.25, 0.3) is 11.0 Å². The van der Waals surface area contributed by atoms with Crippen LogP contribution in [-0.2, 0) is 19.1 Å². The molecule has 1 N–H and O–H groups in total. The summed E-state index contributed by atoms with van der Waals surface area (Å²) in [6.07, 6.45) is 2.05. The summed E-state index contributed by atoms with van der Waals surface area (Å²) >= 11 is 0. The fraction of sp³-hybridized carbons (Fsp3) is 0.364.